The summed E-state index contributed by atoms with van der Waals surface area (Å²) in [6.45, 7) is 8.73. The van der Waals surface area contributed by atoms with E-state index in [1.165, 1.54) is 37.1 Å². The molecule has 2 heterocycles. The van der Waals surface area contributed by atoms with Gasteiger partial charge in [-0.25, -0.2) is 0 Å². The molecule has 1 fully saturated rings. The molecule has 1 atom stereocenters. The average molecular weight is 247 g/mol. The number of likely N-dealkylation sites (N-methyl/N-ethyl adjacent to an activating group) is 1. The van der Waals surface area contributed by atoms with Crippen LogP contribution in [0, 0.1) is 6.92 Å². The Bertz CT molecular complexity index is 365. The van der Waals surface area contributed by atoms with Crippen LogP contribution < -0.4 is 5.32 Å². The fourth-order valence-electron chi connectivity index (χ4n) is 2.69. The Balaban J connectivity index is 1.98. The fourth-order valence-corrected chi connectivity index (χ4v) is 2.69. The Kier molecular flexibility index (Phi) is 5.14. The van der Waals surface area contributed by atoms with Crippen LogP contribution in [-0.2, 0) is 6.54 Å². The second kappa shape index (κ2) is 6.86. The van der Waals surface area contributed by atoms with Gasteiger partial charge < -0.3 is 5.32 Å². The number of nitrogens with zero attached hydrogens (tertiary/aromatic N) is 2. The summed E-state index contributed by atoms with van der Waals surface area (Å²) in [4.78, 5) is 7.12. The van der Waals surface area contributed by atoms with Crippen molar-refractivity contribution in [3.8, 4) is 0 Å². The van der Waals surface area contributed by atoms with Crippen LogP contribution in [0.2, 0.25) is 0 Å². The summed E-state index contributed by atoms with van der Waals surface area (Å²) in [5, 5.41) is 3.49. The monoisotopic (exact) mass is 247 g/mol. The molecule has 0 radical (unpaired) electrons. The first-order valence-corrected chi connectivity index (χ1v) is 7.16. The van der Waals surface area contributed by atoms with Crippen LogP contribution >= 0.6 is 0 Å². The van der Waals surface area contributed by atoms with Crippen LogP contribution in [0.3, 0.4) is 0 Å². The van der Waals surface area contributed by atoms with Crippen LogP contribution in [-0.4, -0.2) is 35.6 Å². The lowest BCUT2D eigenvalue weighted by molar-refractivity contribution is 0.136. The average Bonchev–Trinajstić information content (AvgIpc) is 2.40. The quantitative estimate of drug-likeness (QED) is 0.865. The Morgan fingerprint density at radius 1 is 1.44 bits per heavy atom. The smallest absolute Gasteiger partial charge is 0.0573 e. The minimum Gasteiger partial charge on any atom is -0.315 e. The van der Waals surface area contributed by atoms with E-state index < -0.39 is 0 Å². The Morgan fingerprint density at radius 2 is 2.33 bits per heavy atom. The number of hydrogen-bond acceptors (Lipinski definition) is 3. The first kappa shape index (κ1) is 13.5. The molecule has 0 aliphatic carbocycles. The van der Waals surface area contributed by atoms with Crippen molar-refractivity contribution in [1.82, 2.24) is 15.2 Å². The highest BCUT2D eigenvalue weighted by Gasteiger charge is 2.22. The van der Waals surface area contributed by atoms with Gasteiger partial charge in [0.25, 0.3) is 0 Å². The van der Waals surface area contributed by atoms with Gasteiger partial charge in [0.05, 0.1) is 5.69 Å². The molecular weight excluding hydrogens is 222 g/mol. The standard InChI is InChI=1S/C15H25N3/c1-3-16-11-14-8-4-5-10-18(14)12-15-13(2)7-6-9-17-15/h6-7,9,14,16H,3-5,8,10-12H2,1-2H3. The van der Waals surface area contributed by atoms with Crippen LogP contribution in [0.1, 0.15) is 37.4 Å². The van der Waals surface area contributed by atoms with E-state index >= 15 is 0 Å². The van der Waals surface area contributed by atoms with Crippen molar-refractivity contribution in [3.05, 3.63) is 29.6 Å². The third kappa shape index (κ3) is 3.53. The second-order valence-corrected chi connectivity index (χ2v) is 5.19. The molecule has 2 rings (SSSR count). The van der Waals surface area contributed by atoms with E-state index in [-0.39, 0.29) is 0 Å². The molecule has 1 aromatic heterocycles. The highest BCUT2D eigenvalue weighted by molar-refractivity contribution is 5.17. The van der Waals surface area contributed by atoms with Gasteiger partial charge in [0.2, 0.25) is 0 Å². The van der Waals surface area contributed by atoms with Crippen LogP contribution in [0.15, 0.2) is 18.3 Å². The number of nitrogens with one attached hydrogen (secondary N) is 1. The van der Waals surface area contributed by atoms with E-state index in [1.807, 2.05) is 12.3 Å². The lowest BCUT2D eigenvalue weighted by Crippen LogP contribution is -2.45. The topological polar surface area (TPSA) is 28.2 Å². The highest BCUT2D eigenvalue weighted by atomic mass is 15.2. The molecule has 1 aromatic rings. The molecule has 0 bridgehead atoms. The number of aryl methyl sites for hydroxylation is 1. The van der Waals surface area contributed by atoms with E-state index in [4.69, 9.17) is 0 Å². The van der Waals surface area contributed by atoms with Crippen molar-refractivity contribution in [2.24, 2.45) is 0 Å². The minimum absolute atomic E-state index is 0.681. The van der Waals surface area contributed by atoms with Crippen molar-refractivity contribution in [3.63, 3.8) is 0 Å². The molecule has 1 N–H and O–H groups in total. The molecule has 0 amide bonds. The molecule has 1 aliphatic heterocycles. The number of likely N-dealkylation sites (tertiary alicyclic amines) is 1. The molecule has 18 heavy (non-hydrogen) atoms. The largest absolute Gasteiger partial charge is 0.315 e. The molecule has 1 aliphatic rings. The number of pyridine rings is 1. The van der Waals surface area contributed by atoms with Gasteiger partial charge in [-0.05, 0) is 44.5 Å². The van der Waals surface area contributed by atoms with Crippen molar-refractivity contribution in [2.45, 2.75) is 45.7 Å². The summed E-state index contributed by atoms with van der Waals surface area (Å²) in [7, 11) is 0. The molecule has 0 saturated carbocycles. The van der Waals surface area contributed by atoms with E-state index in [0.29, 0.717) is 6.04 Å². The lowest BCUT2D eigenvalue weighted by Gasteiger charge is -2.35. The zero-order chi connectivity index (χ0) is 12.8. The summed E-state index contributed by atoms with van der Waals surface area (Å²) < 4.78 is 0. The fraction of sp³-hybridized carbons (Fsp3) is 0.667. The van der Waals surface area contributed by atoms with E-state index in [9.17, 15) is 0 Å². The molecule has 0 spiro atoms. The third-order valence-corrected chi connectivity index (χ3v) is 3.85. The first-order valence-electron chi connectivity index (χ1n) is 7.16. The summed E-state index contributed by atoms with van der Waals surface area (Å²) in [6.07, 6.45) is 5.92. The predicted molar refractivity (Wildman–Crippen MR) is 75.6 cm³/mol. The Hall–Kier alpha value is -0.930. The molecule has 1 unspecified atom stereocenters. The van der Waals surface area contributed by atoms with Crippen LogP contribution in [0.5, 0.6) is 0 Å². The molecule has 1 saturated heterocycles. The van der Waals surface area contributed by atoms with Gasteiger partial charge >= 0.3 is 0 Å². The molecule has 3 heteroatoms. The van der Waals surface area contributed by atoms with Crippen molar-refractivity contribution in [1.29, 1.82) is 0 Å². The summed E-state index contributed by atoms with van der Waals surface area (Å²) in [5.74, 6) is 0. The zero-order valence-electron chi connectivity index (χ0n) is 11.7. The zero-order valence-corrected chi connectivity index (χ0v) is 11.7. The number of aromatic nitrogens is 1. The Labute approximate surface area is 111 Å². The molecular formula is C15H25N3. The van der Waals surface area contributed by atoms with Crippen molar-refractivity contribution < 1.29 is 0 Å². The SMILES string of the molecule is CCNCC1CCCCN1Cc1ncccc1C. The van der Waals surface area contributed by atoms with Gasteiger partial charge in [-0.3, -0.25) is 9.88 Å². The number of piperidine rings is 1. The van der Waals surface area contributed by atoms with Gasteiger partial charge in [0, 0.05) is 25.3 Å². The Morgan fingerprint density at radius 3 is 3.11 bits per heavy atom. The maximum Gasteiger partial charge on any atom is 0.0573 e. The normalized spacial score (nSPS) is 21.1. The lowest BCUT2D eigenvalue weighted by atomic mass is 10.0. The number of hydrogen-bond donors (Lipinski definition) is 1. The third-order valence-electron chi connectivity index (χ3n) is 3.85. The first-order chi connectivity index (χ1) is 8.81. The van der Waals surface area contributed by atoms with Crippen LogP contribution in [0.4, 0.5) is 0 Å². The van der Waals surface area contributed by atoms with E-state index in [1.54, 1.807) is 0 Å². The van der Waals surface area contributed by atoms with E-state index in [2.05, 4.69) is 35.1 Å². The van der Waals surface area contributed by atoms with Crippen LogP contribution in [0.25, 0.3) is 0 Å². The second-order valence-electron chi connectivity index (χ2n) is 5.19. The summed E-state index contributed by atoms with van der Waals surface area (Å²) in [6, 6.07) is 4.86. The maximum atomic E-state index is 4.53. The van der Waals surface area contributed by atoms with Gasteiger partial charge in [-0.15, -0.1) is 0 Å². The highest BCUT2D eigenvalue weighted by Crippen LogP contribution is 2.19. The summed E-state index contributed by atoms with van der Waals surface area (Å²) in [5.41, 5.74) is 2.55. The molecule has 3 nitrogen and oxygen atoms in total. The molecule has 100 valence electrons. The van der Waals surface area contributed by atoms with E-state index in [0.717, 1.165) is 19.6 Å². The van der Waals surface area contributed by atoms with Crippen molar-refractivity contribution in [2.75, 3.05) is 19.6 Å². The minimum atomic E-state index is 0.681. The van der Waals surface area contributed by atoms with Gasteiger partial charge in [-0.2, -0.15) is 0 Å². The number of rotatable bonds is 5. The van der Waals surface area contributed by atoms with Gasteiger partial charge in [0.1, 0.15) is 0 Å². The predicted octanol–water partition coefficient (Wildman–Crippen LogP) is 2.35. The molecule has 0 aromatic carbocycles. The summed E-state index contributed by atoms with van der Waals surface area (Å²) >= 11 is 0. The maximum absolute atomic E-state index is 4.53. The van der Waals surface area contributed by atoms with Crippen molar-refractivity contribution >= 4 is 0 Å². The van der Waals surface area contributed by atoms with Gasteiger partial charge in [0.15, 0.2) is 0 Å². The van der Waals surface area contributed by atoms with Gasteiger partial charge in [-0.1, -0.05) is 19.4 Å².